The summed E-state index contributed by atoms with van der Waals surface area (Å²) < 4.78 is 7.30. The van der Waals surface area contributed by atoms with Crippen molar-refractivity contribution in [2.45, 2.75) is 6.54 Å². The van der Waals surface area contributed by atoms with Gasteiger partial charge in [0.05, 0.1) is 24.4 Å². The molecule has 0 amide bonds. The molecule has 0 bridgehead atoms. The van der Waals surface area contributed by atoms with Crippen molar-refractivity contribution in [2.75, 3.05) is 39.4 Å². The Balaban J connectivity index is 1.52. The molecule has 0 unspecified atom stereocenters. The van der Waals surface area contributed by atoms with Crippen molar-refractivity contribution in [3.8, 4) is 0 Å². The van der Waals surface area contributed by atoms with Crippen molar-refractivity contribution in [3.63, 3.8) is 0 Å². The lowest BCUT2D eigenvalue weighted by Crippen LogP contribution is -2.40. The molecule has 0 aliphatic carbocycles. The molecule has 1 aliphatic rings. The monoisotopic (exact) mass is 274 g/mol. The van der Waals surface area contributed by atoms with Crippen LogP contribution in [0.25, 0.3) is 10.9 Å². The fourth-order valence-corrected chi connectivity index (χ4v) is 2.69. The van der Waals surface area contributed by atoms with Crippen molar-refractivity contribution < 1.29 is 4.74 Å². The van der Waals surface area contributed by atoms with Gasteiger partial charge in [-0.05, 0) is 6.07 Å². The molecule has 20 heavy (non-hydrogen) atoms. The van der Waals surface area contributed by atoms with Crippen LogP contribution < -0.4 is 5.32 Å². The number of rotatable bonds is 5. The lowest BCUT2D eigenvalue weighted by atomic mass is 10.2. The molecule has 1 aromatic heterocycles. The van der Waals surface area contributed by atoms with Crippen molar-refractivity contribution in [1.29, 1.82) is 0 Å². The molecule has 2 aromatic rings. The molecule has 0 radical (unpaired) electrons. The van der Waals surface area contributed by atoms with Crippen molar-refractivity contribution >= 4 is 10.9 Å². The molecule has 1 N–H and O–H groups in total. The molecule has 0 saturated carbocycles. The number of morpholine rings is 1. The highest BCUT2D eigenvalue weighted by atomic mass is 16.5. The minimum Gasteiger partial charge on any atom is -0.379 e. The Bertz CT molecular complexity index is 560. The first-order valence-electron chi connectivity index (χ1n) is 7.26. The van der Waals surface area contributed by atoms with Gasteiger partial charge in [-0.1, -0.05) is 18.2 Å². The number of fused-ring (bicyclic) bond motifs is 1. The summed E-state index contributed by atoms with van der Waals surface area (Å²) >= 11 is 0. The van der Waals surface area contributed by atoms with Crippen LogP contribution in [-0.4, -0.2) is 54.1 Å². The molecule has 0 atom stereocenters. The second-order valence-corrected chi connectivity index (χ2v) is 5.22. The molecule has 1 aromatic carbocycles. The van der Waals surface area contributed by atoms with E-state index < -0.39 is 0 Å². The number of ether oxygens (including phenoxy) is 1. The van der Waals surface area contributed by atoms with Gasteiger partial charge in [0, 0.05) is 45.2 Å². The number of nitrogens with zero attached hydrogens (tertiary/aromatic N) is 3. The number of hydrogen-bond acceptors (Lipinski definition) is 4. The molecular weight excluding hydrogens is 252 g/mol. The van der Waals surface area contributed by atoms with Gasteiger partial charge in [-0.2, -0.15) is 5.10 Å². The summed E-state index contributed by atoms with van der Waals surface area (Å²) in [6.07, 6.45) is 0. The third kappa shape index (κ3) is 3.00. The van der Waals surface area contributed by atoms with Crippen LogP contribution in [0.1, 0.15) is 5.69 Å². The molecule has 1 saturated heterocycles. The standard InChI is InChI=1S/C15H22N4O/c1-18-15-5-3-2-4-13(15)14(17-18)12-16-6-7-19-8-10-20-11-9-19/h2-5,16H,6-12H2,1H3. The highest BCUT2D eigenvalue weighted by Gasteiger charge is 2.10. The summed E-state index contributed by atoms with van der Waals surface area (Å²) in [5.41, 5.74) is 2.32. The van der Waals surface area contributed by atoms with E-state index in [-0.39, 0.29) is 0 Å². The van der Waals surface area contributed by atoms with Gasteiger partial charge in [0.2, 0.25) is 0 Å². The zero-order valence-corrected chi connectivity index (χ0v) is 12.0. The Morgan fingerprint density at radius 2 is 2.05 bits per heavy atom. The first-order chi connectivity index (χ1) is 9.84. The zero-order chi connectivity index (χ0) is 13.8. The van der Waals surface area contributed by atoms with Crippen LogP contribution in [-0.2, 0) is 18.3 Å². The van der Waals surface area contributed by atoms with Gasteiger partial charge < -0.3 is 10.1 Å². The number of hydrogen-bond donors (Lipinski definition) is 1. The minimum atomic E-state index is 0.825. The zero-order valence-electron chi connectivity index (χ0n) is 12.0. The summed E-state index contributed by atoms with van der Waals surface area (Å²) in [7, 11) is 2.00. The van der Waals surface area contributed by atoms with E-state index in [4.69, 9.17) is 4.74 Å². The number of para-hydroxylation sites is 1. The van der Waals surface area contributed by atoms with Gasteiger partial charge in [0.1, 0.15) is 0 Å². The Morgan fingerprint density at radius 3 is 2.90 bits per heavy atom. The van der Waals surface area contributed by atoms with Crippen molar-refractivity contribution in [2.24, 2.45) is 7.05 Å². The fourth-order valence-electron chi connectivity index (χ4n) is 2.69. The van der Waals surface area contributed by atoms with Gasteiger partial charge in [-0.15, -0.1) is 0 Å². The lowest BCUT2D eigenvalue weighted by Gasteiger charge is -2.26. The maximum absolute atomic E-state index is 5.35. The summed E-state index contributed by atoms with van der Waals surface area (Å²) in [5.74, 6) is 0. The van der Waals surface area contributed by atoms with Gasteiger partial charge in [-0.3, -0.25) is 9.58 Å². The molecule has 1 fully saturated rings. The number of nitrogens with one attached hydrogen (secondary N) is 1. The van der Waals surface area contributed by atoms with Crippen LogP contribution in [0.2, 0.25) is 0 Å². The van der Waals surface area contributed by atoms with Gasteiger partial charge >= 0.3 is 0 Å². The van der Waals surface area contributed by atoms with E-state index in [1.54, 1.807) is 0 Å². The van der Waals surface area contributed by atoms with Gasteiger partial charge in [0.25, 0.3) is 0 Å². The fraction of sp³-hybridized carbons (Fsp3) is 0.533. The highest BCUT2D eigenvalue weighted by Crippen LogP contribution is 2.16. The summed E-state index contributed by atoms with van der Waals surface area (Å²) in [6.45, 7) is 6.73. The number of aryl methyl sites for hydroxylation is 1. The Hall–Kier alpha value is -1.43. The average Bonchev–Trinajstić information content (AvgIpc) is 2.82. The quantitative estimate of drug-likeness (QED) is 0.826. The lowest BCUT2D eigenvalue weighted by molar-refractivity contribution is 0.0384. The van der Waals surface area contributed by atoms with Crippen LogP contribution in [0.4, 0.5) is 0 Å². The van der Waals surface area contributed by atoms with E-state index in [1.807, 2.05) is 11.7 Å². The van der Waals surface area contributed by atoms with Gasteiger partial charge in [0.15, 0.2) is 0 Å². The van der Waals surface area contributed by atoms with E-state index in [1.165, 1.54) is 10.9 Å². The van der Waals surface area contributed by atoms with E-state index in [0.717, 1.165) is 51.6 Å². The van der Waals surface area contributed by atoms with Crippen LogP contribution >= 0.6 is 0 Å². The normalized spacial score (nSPS) is 16.9. The first kappa shape index (κ1) is 13.5. The SMILES string of the molecule is Cn1nc(CNCCN2CCOCC2)c2ccccc21. The topological polar surface area (TPSA) is 42.3 Å². The van der Waals surface area contributed by atoms with E-state index in [9.17, 15) is 0 Å². The summed E-state index contributed by atoms with van der Waals surface area (Å²) in [5, 5.41) is 9.34. The summed E-state index contributed by atoms with van der Waals surface area (Å²) in [6, 6.07) is 8.38. The first-order valence-corrected chi connectivity index (χ1v) is 7.26. The predicted octanol–water partition coefficient (Wildman–Crippen LogP) is 0.995. The Labute approximate surface area is 119 Å². The predicted molar refractivity (Wildman–Crippen MR) is 79.7 cm³/mol. The van der Waals surface area contributed by atoms with Crippen molar-refractivity contribution in [1.82, 2.24) is 20.0 Å². The van der Waals surface area contributed by atoms with Gasteiger partial charge in [-0.25, -0.2) is 0 Å². The Morgan fingerprint density at radius 1 is 1.25 bits per heavy atom. The highest BCUT2D eigenvalue weighted by molar-refractivity contribution is 5.81. The minimum absolute atomic E-state index is 0.825. The maximum Gasteiger partial charge on any atom is 0.0841 e. The third-order valence-corrected chi connectivity index (χ3v) is 3.84. The molecular formula is C15H22N4O. The second-order valence-electron chi connectivity index (χ2n) is 5.22. The second kappa shape index (κ2) is 6.35. The van der Waals surface area contributed by atoms with E-state index in [0.29, 0.717) is 0 Å². The van der Waals surface area contributed by atoms with E-state index in [2.05, 4.69) is 39.6 Å². The molecule has 5 nitrogen and oxygen atoms in total. The number of benzene rings is 1. The van der Waals surface area contributed by atoms with Crippen LogP contribution in [0, 0.1) is 0 Å². The molecule has 3 rings (SSSR count). The van der Waals surface area contributed by atoms with E-state index >= 15 is 0 Å². The number of aromatic nitrogens is 2. The molecule has 2 heterocycles. The van der Waals surface area contributed by atoms with Crippen LogP contribution in [0.3, 0.4) is 0 Å². The third-order valence-electron chi connectivity index (χ3n) is 3.84. The molecule has 108 valence electrons. The smallest absolute Gasteiger partial charge is 0.0841 e. The van der Waals surface area contributed by atoms with Crippen molar-refractivity contribution in [3.05, 3.63) is 30.0 Å². The molecule has 1 aliphatic heterocycles. The van der Waals surface area contributed by atoms with Crippen LogP contribution in [0.5, 0.6) is 0 Å². The maximum atomic E-state index is 5.35. The molecule has 0 spiro atoms. The Kier molecular flexibility index (Phi) is 4.30. The summed E-state index contributed by atoms with van der Waals surface area (Å²) in [4.78, 5) is 2.44. The van der Waals surface area contributed by atoms with Crippen LogP contribution in [0.15, 0.2) is 24.3 Å². The molecule has 5 heteroatoms. The largest absolute Gasteiger partial charge is 0.379 e. The average molecular weight is 274 g/mol.